The first-order valence-electron chi connectivity index (χ1n) is 12.0. The Balaban J connectivity index is 1.47. The molecule has 5 rings (SSSR count). The second kappa shape index (κ2) is 10.8. The van der Waals surface area contributed by atoms with Crippen molar-refractivity contribution in [2.45, 2.75) is 18.9 Å². The first kappa shape index (κ1) is 24.4. The molecule has 0 radical (unpaired) electrons. The molecule has 0 saturated heterocycles. The fraction of sp³-hybridized carbons (Fsp3) is 0.179. The van der Waals surface area contributed by atoms with E-state index in [9.17, 15) is 9.59 Å². The predicted octanol–water partition coefficient (Wildman–Crippen LogP) is 5.41. The Labute approximate surface area is 219 Å². The summed E-state index contributed by atoms with van der Waals surface area (Å²) in [4.78, 5) is 24.6. The van der Waals surface area contributed by atoms with Gasteiger partial charge in [0.05, 0.1) is 6.04 Å². The topological polar surface area (TPSA) is 111 Å². The fourth-order valence-electron chi connectivity index (χ4n) is 4.46. The van der Waals surface area contributed by atoms with Crippen LogP contribution in [0.25, 0.3) is 11.3 Å². The average molecular weight is 516 g/mol. The van der Waals surface area contributed by atoms with E-state index in [0.29, 0.717) is 35.1 Å². The van der Waals surface area contributed by atoms with Gasteiger partial charge >= 0.3 is 0 Å². The number of amides is 2. The number of nitrogens with one attached hydrogen (secondary N) is 2. The lowest BCUT2D eigenvalue weighted by atomic mass is 10.0. The third-order valence-corrected chi connectivity index (χ3v) is 6.33. The molecule has 4 N–H and O–H groups in total. The Morgan fingerprint density at radius 1 is 1.05 bits per heavy atom. The first-order chi connectivity index (χ1) is 18.0. The molecule has 4 aromatic rings. The summed E-state index contributed by atoms with van der Waals surface area (Å²) in [6.07, 6.45) is 0.984. The van der Waals surface area contributed by atoms with Crippen LogP contribution in [-0.2, 0) is 4.79 Å². The van der Waals surface area contributed by atoms with Crippen LogP contribution in [0.2, 0.25) is 0 Å². The van der Waals surface area contributed by atoms with Crippen LogP contribution < -0.4 is 21.1 Å². The van der Waals surface area contributed by atoms with Gasteiger partial charge < -0.3 is 21.1 Å². The highest BCUT2D eigenvalue weighted by atomic mass is 35.5. The van der Waals surface area contributed by atoms with Crippen molar-refractivity contribution in [3.63, 3.8) is 0 Å². The lowest BCUT2D eigenvalue weighted by Gasteiger charge is -2.26. The summed E-state index contributed by atoms with van der Waals surface area (Å²) in [6.45, 7) is 0.642. The van der Waals surface area contributed by atoms with E-state index in [4.69, 9.17) is 27.2 Å². The normalized spacial score (nSPS) is 14.4. The number of alkyl halides is 1. The molecule has 0 saturated carbocycles. The quantitative estimate of drug-likeness (QED) is 0.271. The fourth-order valence-corrected chi connectivity index (χ4v) is 4.63. The summed E-state index contributed by atoms with van der Waals surface area (Å²) in [6, 6.07) is 24.4. The van der Waals surface area contributed by atoms with Crippen LogP contribution in [0.3, 0.4) is 0 Å². The SMILES string of the molecule is NC(=O)c1c(-c2ccc(Oc3ccccc3)cc2)nn2c1NCC[C@H]2c1cccc(NC(=O)CCCl)c1. The first-order valence-corrected chi connectivity index (χ1v) is 12.5. The van der Waals surface area contributed by atoms with Gasteiger partial charge in [-0.2, -0.15) is 5.10 Å². The Kier molecular flexibility index (Phi) is 7.09. The number of carbonyl (C=O) groups excluding carboxylic acids is 2. The number of carbonyl (C=O) groups is 2. The maximum atomic E-state index is 12.6. The van der Waals surface area contributed by atoms with Gasteiger partial charge in [-0.05, 0) is 60.5 Å². The highest BCUT2D eigenvalue weighted by molar-refractivity contribution is 6.19. The Hall–Kier alpha value is -4.30. The molecule has 1 aliphatic rings. The lowest BCUT2D eigenvalue weighted by molar-refractivity contribution is -0.115. The van der Waals surface area contributed by atoms with Crippen molar-refractivity contribution < 1.29 is 14.3 Å². The zero-order valence-electron chi connectivity index (χ0n) is 20.0. The van der Waals surface area contributed by atoms with Gasteiger partial charge in [0.25, 0.3) is 5.91 Å². The third kappa shape index (κ3) is 5.29. The van der Waals surface area contributed by atoms with E-state index in [2.05, 4.69) is 10.6 Å². The Morgan fingerprint density at radius 2 is 1.81 bits per heavy atom. The standard InChI is InChI=1S/C28H26ClN5O3/c29-15-13-24(35)32-20-6-4-5-19(17-20)23-14-16-31-28-25(27(30)36)26(33-34(23)28)18-9-11-22(12-10-18)37-21-7-2-1-3-8-21/h1-12,17,23,31H,13-16H2,(H2,30,36)(H,32,35)/t23-/m0/s1. The summed E-state index contributed by atoms with van der Waals surface area (Å²) < 4.78 is 7.70. The number of para-hydroxylation sites is 1. The van der Waals surface area contributed by atoms with Gasteiger partial charge in [-0.3, -0.25) is 9.59 Å². The summed E-state index contributed by atoms with van der Waals surface area (Å²) in [5, 5.41) is 11.0. The molecule has 9 heteroatoms. The Bertz CT molecular complexity index is 1420. The van der Waals surface area contributed by atoms with Crippen LogP contribution in [0, 0.1) is 0 Å². The molecule has 0 bridgehead atoms. The smallest absolute Gasteiger partial charge is 0.254 e. The number of fused-ring (bicyclic) bond motifs is 1. The number of hydrogen-bond donors (Lipinski definition) is 3. The van der Waals surface area contributed by atoms with Crippen LogP contribution in [0.5, 0.6) is 11.5 Å². The molecule has 0 fully saturated rings. The van der Waals surface area contributed by atoms with Gasteiger partial charge in [0.15, 0.2) is 0 Å². The molecule has 3 aromatic carbocycles. The minimum Gasteiger partial charge on any atom is -0.457 e. The minimum absolute atomic E-state index is 0.143. The molecule has 37 heavy (non-hydrogen) atoms. The van der Waals surface area contributed by atoms with Crippen LogP contribution >= 0.6 is 11.6 Å². The summed E-state index contributed by atoms with van der Waals surface area (Å²) in [5.41, 5.74) is 9.06. The molecule has 1 aliphatic heterocycles. The van der Waals surface area contributed by atoms with E-state index in [-0.39, 0.29) is 24.2 Å². The number of hydrogen-bond acceptors (Lipinski definition) is 5. The van der Waals surface area contributed by atoms with Crippen LogP contribution in [-0.4, -0.2) is 34.0 Å². The zero-order chi connectivity index (χ0) is 25.8. The van der Waals surface area contributed by atoms with E-state index in [0.717, 1.165) is 23.3 Å². The molecule has 2 heterocycles. The number of anilines is 2. The second-order valence-electron chi connectivity index (χ2n) is 8.66. The van der Waals surface area contributed by atoms with Gasteiger partial charge in [-0.1, -0.05) is 30.3 Å². The van der Waals surface area contributed by atoms with Gasteiger partial charge in [-0.15, -0.1) is 11.6 Å². The molecular weight excluding hydrogens is 490 g/mol. The predicted molar refractivity (Wildman–Crippen MR) is 144 cm³/mol. The zero-order valence-corrected chi connectivity index (χ0v) is 20.7. The number of primary amides is 1. The molecule has 1 atom stereocenters. The number of nitrogens with two attached hydrogens (primary N) is 1. The summed E-state index contributed by atoms with van der Waals surface area (Å²) in [7, 11) is 0. The largest absolute Gasteiger partial charge is 0.457 e. The number of nitrogens with zero attached hydrogens (tertiary/aromatic N) is 2. The minimum atomic E-state index is -0.559. The average Bonchev–Trinajstić information content (AvgIpc) is 3.30. The Morgan fingerprint density at radius 3 is 2.54 bits per heavy atom. The maximum Gasteiger partial charge on any atom is 0.254 e. The number of aromatic nitrogens is 2. The summed E-state index contributed by atoms with van der Waals surface area (Å²) >= 11 is 5.69. The van der Waals surface area contributed by atoms with Gasteiger partial charge in [0.1, 0.15) is 28.6 Å². The van der Waals surface area contributed by atoms with Crippen molar-refractivity contribution >= 4 is 34.9 Å². The number of rotatable bonds is 8. The number of benzene rings is 3. The number of halogens is 1. The molecular formula is C28H26ClN5O3. The maximum absolute atomic E-state index is 12.6. The second-order valence-corrected chi connectivity index (χ2v) is 9.04. The van der Waals surface area contributed by atoms with Gasteiger partial charge in [0.2, 0.25) is 5.91 Å². The summed E-state index contributed by atoms with van der Waals surface area (Å²) in [5.74, 6) is 1.54. The van der Waals surface area contributed by atoms with Crippen LogP contribution in [0.4, 0.5) is 11.5 Å². The molecule has 188 valence electrons. The van der Waals surface area contributed by atoms with E-state index in [1.165, 1.54) is 0 Å². The van der Waals surface area contributed by atoms with Crippen molar-refractivity contribution in [3.8, 4) is 22.8 Å². The molecule has 0 aliphatic carbocycles. The van der Waals surface area contributed by atoms with E-state index < -0.39 is 5.91 Å². The molecule has 8 nitrogen and oxygen atoms in total. The van der Waals surface area contributed by atoms with Crippen LogP contribution in [0.1, 0.15) is 34.8 Å². The van der Waals surface area contributed by atoms with Crippen LogP contribution in [0.15, 0.2) is 78.9 Å². The molecule has 1 aromatic heterocycles. The molecule has 0 spiro atoms. The molecule has 0 unspecified atom stereocenters. The lowest BCUT2D eigenvalue weighted by Crippen LogP contribution is -2.26. The van der Waals surface area contributed by atoms with Crippen molar-refractivity contribution in [2.75, 3.05) is 23.1 Å². The number of ether oxygens (including phenoxy) is 1. The van der Waals surface area contributed by atoms with E-state index in [1.807, 2.05) is 83.5 Å². The van der Waals surface area contributed by atoms with Crippen molar-refractivity contribution in [2.24, 2.45) is 5.73 Å². The van der Waals surface area contributed by atoms with Crippen molar-refractivity contribution in [1.29, 1.82) is 0 Å². The van der Waals surface area contributed by atoms with Crippen molar-refractivity contribution in [3.05, 3.63) is 90.0 Å². The molecule has 2 amide bonds. The van der Waals surface area contributed by atoms with Gasteiger partial charge in [0, 0.05) is 30.1 Å². The third-order valence-electron chi connectivity index (χ3n) is 6.15. The van der Waals surface area contributed by atoms with E-state index >= 15 is 0 Å². The highest BCUT2D eigenvalue weighted by Crippen LogP contribution is 2.37. The van der Waals surface area contributed by atoms with Crippen molar-refractivity contribution in [1.82, 2.24) is 9.78 Å². The monoisotopic (exact) mass is 515 g/mol. The highest BCUT2D eigenvalue weighted by Gasteiger charge is 2.30. The van der Waals surface area contributed by atoms with Gasteiger partial charge in [-0.25, -0.2) is 4.68 Å². The van der Waals surface area contributed by atoms with E-state index in [1.54, 1.807) is 0 Å².